The van der Waals surface area contributed by atoms with Crippen molar-refractivity contribution in [1.29, 1.82) is 0 Å². The van der Waals surface area contributed by atoms with Crippen LogP contribution in [0.15, 0.2) is 16.5 Å². The fraction of sp³-hybridized carbons (Fsp3) is 0.643. The molecular formula is C14H21ClN2O2. The normalized spacial score (nSPS) is 19.7. The van der Waals surface area contributed by atoms with Crippen LogP contribution < -0.4 is 5.32 Å². The Bertz CT molecular complexity index is 425. The molecule has 0 aromatic carbocycles. The van der Waals surface area contributed by atoms with Gasteiger partial charge in [0.2, 0.25) is 0 Å². The molecule has 1 aromatic rings. The lowest BCUT2D eigenvalue weighted by atomic mass is 9.98. The van der Waals surface area contributed by atoms with Crippen LogP contribution in [0.3, 0.4) is 0 Å². The van der Waals surface area contributed by atoms with Gasteiger partial charge in [0, 0.05) is 12.6 Å². The SMILES string of the molecule is CC(C)N(CC1CCCNC1)C(=O)c1ccc(Cl)o1. The van der Waals surface area contributed by atoms with E-state index in [9.17, 15) is 4.79 Å². The molecule has 1 aromatic heterocycles. The highest BCUT2D eigenvalue weighted by atomic mass is 35.5. The maximum atomic E-state index is 12.4. The lowest BCUT2D eigenvalue weighted by Gasteiger charge is -2.32. The molecule has 19 heavy (non-hydrogen) atoms. The number of nitrogens with one attached hydrogen (secondary N) is 1. The second kappa shape index (κ2) is 6.44. The number of carbonyl (C=O) groups is 1. The van der Waals surface area contributed by atoms with E-state index in [4.69, 9.17) is 16.0 Å². The Morgan fingerprint density at radius 1 is 1.58 bits per heavy atom. The van der Waals surface area contributed by atoms with Crippen LogP contribution in [0.1, 0.15) is 37.2 Å². The first kappa shape index (κ1) is 14.4. The number of carbonyl (C=O) groups excluding carboxylic acids is 1. The summed E-state index contributed by atoms with van der Waals surface area (Å²) in [5.74, 6) is 0.764. The van der Waals surface area contributed by atoms with Crippen molar-refractivity contribution in [2.24, 2.45) is 5.92 Å². The highest BCUT2D eigenvalue weighted by Crippen LogP contribution is 2.19. The number of nitrogens with zero attached hydrogens (tertiary/aromatic N) is 1. The Morgan fingerprint density at radius 2 is 2.37 bits per heavy atom. The number of hydrogen-bond acceptors (Lipinski definition) is 3. The number of piperidine rings is 1. The second-order valence-electron chi connectivity index (χ2n) is 5.37. The molecule has 0 saturated carbocycles. The minimum absolute atomic E-state index is 0.0764. The quantitative estimate of drug-likeness (QED) is 0.925. The molecule has 1 fully saturated rings. The van der Waals surface area contributed by atoms with Crippen LogP contribution in [0, 0.1) is 5.92 Å². The molecule has 0 aliphatic carbocycles. The fourth-order valence-electron chi connectivity index (χ4n) is 2.46. The zero-order chi connectivity index (χ0) is 13.8. The maximum absolute atomic E-state index is 12.4. The first-order valence-corrected chi connectivity index (χ1v) is 7.22. The van der Waals surface area contributed by atoms with Crippen LogP contribution in [-0.4, -0.2) is 36.5 Å². The third kappa shape index (κ3) is 3.74. The Morgan fingerprint density at radius 3 is 2.89 bits per heavy atom. The van der Waals surface area contributed by atoms with E-state index in [0.717, 1.165) is 19.6 Å². The second-order valence-corrected chi connectivity index (χ2v) is 5.74. The molecule has 5 heteroatoms. The van der Waals surface area contributed by atoms with Gasteiger partial charge in [-0.25, -0.2) is 0 Å². The Hall–Kier alpha value is -1.00. The summed E-state index contributed by atoms with van der Waals surface area (Å²) in [6.45, 7) is 6.88. The van der Waals surface area contributed by atoms with Gasteiger partial charge in [0.05, 0.1) is 0 Å². The van der Waals surface area contributed by atoms with Gasteiger partial charge in [-0.05, 0) is 69.4 Å². The van der Waals surface area contributed by atoms with Crippen LogP contribution in [0.25, 0.3) is 0 Å². The molecule has 1 amide bonds. The monoisotopic (exact) mass is 284 g/mol. The van der Waals surface area contributed by atoms with Crippen molar-refractivity contribution in [3.63, 3.8) is 0 Å². The van der Waals surface area contributed by atoms with Crippen LogP contribution in [0.4, 0.5) is 0 Å². The third-order valence-corrected chi connectivity index (χ3v) is 3.73. The number of halogens is 1. The summed E-state index contributed by atoms with van der Waals surface area (Å²) >= 11 is 5.73. The molecule has 1 unspecified atom stereocenters. The van der Waals surface area contributed by atoms with Gasteiger partial charge in [-0.3, -0.25) is 4.79 Å². The van der Waals surface area contributed by atoms with Crippen LogP contribution in [-0.2, 0) is 0 Å². The predicted molar refractivity (Wildman–Crippen MR) is 75.5 cm³/mol. The number of amides is 1. The average molecular weight is 285 g/mol. The summed E-state index contributed by atoms with van der Waals surface area (Å²) < 4.78 is 5.22. The lowest BCUT2D eigenvalue weighted by molar-refractivity contribution is 0.0628. The summed E-state index contributed by atoms with van der Waals surface area (Å²) in [6, 6.07) is 3.40. The minimum Gasteiger partial charge on any atom is -0.440 e. The Balaban J connectivity index is 2.04. The molecule has 1 aliphatic heterocycles. The van der Waals surface area contributed by atoms with Crippen molar-refractivity contribution < 1.29 is 9.21 Å². The van der Waals surface area contributed by atoms with E-state index in [1.165, 1.54) is 12.8 Å². The van der Waals surface area contributed by atoms with Gasteiger partial charge in [-0.2, -0.15) is 0 Å². The van der Waals surface area contributed by atoms with Crippen molar-refractivity contribution >= 4 is 17.5 Å². The molecule has 1 N–H and O–H groups in total. The smallest absolute Gasteiger partial charge is 0.289 e. The first-order valence-electron chi connectivity index (χ1n) is 6.85. The highest BCUT2D eigenvalue weighted by Gasteiger charge is 2.25. The topological polar surface area (TPSA) is 45.5 Å². The van der Waals surface area contributed by atoms with Gasteiger partial charge in [0.25, 0.3) is 5.91 Å². The molecule has 1 aliphatic rings. The van der Waals surface area contributed by atoms with Gasteiger partial charge < -0.3 is 14.6 Å². The van der Waals surface area contributed by atoms with Gasteiger partial charge in [-0.1, -0.05) is 0 Å². The molecule has 0 radical (unpaired) electrons. The molecule has 2 rings (SSSR count). The Kier molecular flexibility index (Phi) is 4.88. The average Bonchev–Trinajstić information content (AvgIpc) is 2.83. The number of furan rings is 1. The molecular weight excluding hydrogens is 264 g/mol. The van der Waals surface area contributed by atoms with Gasteiger partial charge in [-0.15, -0.1) is 0 Å². The maximum Gasteiger partial charge on any atom is 0.289 e. The zero-order valence-electron chi connectivity index (χ0n) is 11.5. The Labute approximate surface area is 119 Å². The van der Waals surface area contributed by atoms with E-state index < -0.39 is 0 Å². The number of hydrogen-bond donors (Lipinski definition) is 1. The van der Waals surface area contributed by atoms with E-state index in [0.29, 0.717) is 11.7 Å². The molecule has 4 nitrogen and oxygen atoms in total. The van der Waals surface area contributed by atoms with Crippen molar-refractivity contribution in [2.75, 3.05) is 19.6 Å². The van der Waals surface area contributed by atoms with Gasteiger partial charge >= 0.3 is 0 Å². The van der Waals surface area contributed by atoms with Gasteiger partial charge in [0.1, 0.15) is 0 Å². The van der Waals surface area contributed by atoms with Crippen molar-refractivity contribution in [3.8, 4) is 0 Å². The highest BCUT2D eigenvalue weighted by molar-refractivity contribution is 6.29. The summed E-state index contributed by atoms with van der Waals surface area (Å²) in [6.07, 6.45) is 2.35. The standard InChI is InChI=1S/C14H21ClN2O2/c1-10(2)17(9-11-4-3-7-16-8-11)14(18)12-5-6-13(15)19-12/h5-6,10-11,16H,3-4,7-9H2,1-2H3. The molecule has 0 spiro atoms. The van der Waals surface area contributed by atoms with Crippen molar-refractivity contribution in [2.45, 2.75) is 32.7 Å². The van der Waals surface area contributed by atoms with E-state index in [2.05, 4.69) is 5.32 Å². The molecule has 2 heterocycles. The zero-order valence-corrected chi connectivity index (χ0v) is 12.2. The third-order valence-electron chi connectivity index (χ3n) is 3.52. The molecule has 1 saturated heterocycles. The number of rotatable bonds is 4. The predicted octanol–water partition coefficient (Wildman–Crippen LogP) is 2.78. The largest absolute Gasteiger partial charge is 0.440 e. The molecule has 0 bridgehead atoms. The van der Waals surface area contributed by atoms with E-state index in [1.807, 2.05) is 18.7 Å². The van der Waals surface area contributed by atoms with Gasteiger partial charge in [0.15, 0.2) is 11.0 Å². The first-order chi connectivity index (χ1) is 9.08. The summed E-state index contributed by atoms with van der Waals surface area (Å²) in [4.78, 5) is 14.3. The summed E-state index contributed by atoms with van der Waals surface area (Å²) in [5, 5.41) is 3.64. The summed E-state index contributed by atoms with van der Waals surface area (Å²) in [7, 11) is 0. The lowest BCUT2D eigenvalue weighted by Crippen LogP contribution is -2.44. The van der Waals surface area contributed by atoms with Crippen LogP contribution in [0.2, 0.25) is 5.22 Å². The van der Waals surface area contributed by atoms with Crippen molar-refractivity contribution in [1.82, 2.24) is 10.2 Å². The van der Waals surface area contributed by atoms with Crippen LogP contribution >= 0.6 is 11.6 Å². The van der Waals surface area contributed by atoms with Crippen LogP contribution in [0.5, 0.6) is 0 Å². The fourth-order valence-corrected chi connectivity index (χ4v) is 2.60. The van der Waals surface area contributed by atoms with E-state index >= 15 is 0 Å². The van der Waals surface area contributed by atoms with E-state index in [-0.39, 0.29) is 17.2 Å². The molecule has 106 valence electrons. The molecule has 1 atom stereocenters. The summed E-state index contributed by atoms with van der Waals surface area (Å²) in [5.41, 5.74) is 0. The minimum atomic E-state index is -0.0764. The van der Waals surface area contributed by atoms with E-state index in [1.54, 1.807) is 12.1 Å². The van der Waals surface area contributed by atoms with Crippen molar-refractivity contribution in [3.05, 3.63) is 23.1 Å².